The Hall–Kier alpha value is -2.09. The molecule has 0 saturated heterocycles. The number of halogens is 2. The van der Waals surface area contributed by atoms with E-state index in [4.69, 9.17) is 4.52 Å². The van der Waals surface area contributed by atoms with Gasteiger partial charge in [-0.3, -0.25) is 4.79 Å². The van der Waals surface area contributed by atoms with Gasteiger partial charge in [-0.15, -0.1) is 11.8 Å². The second-order valence-corrected chi connectivity index (χ2v) is 6.73. The summed E-state index contributed by atoms with van der Waals surface area (Å²) in [6.45, 7) is 2.67. The Morgan fingerprint density at radius 1 is 1.35 bits per heavy atom. The summed E-state index contributed by atoms with van der Waals surface area (Å²) in [6.07, 6.45) is 0.559. The van der Waals surface area contributed by atoms with Gasteiger partial charge >= 0.3 is 6.61 Å². The number of rotatable bonds is 9. The third kappa shape index (κ3) is 5.45. The number of carbonyl (C=O) groups excluding carboxylic acids is 1. The van der Waals surface area contributed by atoms with Crippen LogP contribution in [-0.4, -0.2) is 23.4 Å². The molecule has 1 amide bonds. The fraction of sp³-hybridized carbons (Fsp3) is 0.444. The highest BCUT2D eigenvalue weighted by Crippen LogP contribution is 2.28. The van der Waals surface area contributed by atoms with Crippen molar-refractivity contribution in [3.8, 4) is 5.75 Å². The number of nitrogens with zero attached hydrogens (tertiary/aromatic N) is 1. The van der Waals surface area contributed by atoms with E-state index in [0.29, 0.717) is 17.7 Å². The van der Waals surface area contributed by atoms with Crippen LogP contribution in [0.1, 0.15) is 42.0 Å². The summed E-state index contributed by atoms with van der Waals surface area (Å²) < 4.78 is 34.8. The average molecular weight is 384 g/mol. The van der Waals surface area contributed by atoms with Crippen LogP contribution in [-0.2, 0) is 10.5 Å². The Morgan fingerprint density at radius 3 is 2.69 bits per heavy atom. The van der Waals surface area contributed by atoms with Crippen molar-refractivity contribution in [2.75, 3.05) is 5.75 Å². The van der Waals surface area contributed by atoms with Gasteiger partial charge in [0, 0.05) is 16.9 Å². The number of ether oxygens (including phenoxy) is 1. The number of aryl methyl sites for hydroxylation is 2. The molecule has 0 aliphatic heterocycles. The molecule has 1 N–H and O–H groups in total. The third-order valence-corrected chi connectivity index (χ3v) is 4.87. The molecule has 0 fully saturated rings. The van der Waals surface area contributed by atoms with E-state index in [1.807, 2.05) is 20.8 Å². The van der Waals surface area contributed by atoms with E-state index >= 15 is 0 Å². The van der Waals surface area contributed by atoms with Gasteiger partial charge in [-0.05, 0) is 26.3 Å². The Morgan fingerprint density at radius 2 is 2.08 bits per heavy atom. The summed E-state index contributed by atoms with van der Waals surface area (Å²) in [7, 11) is 0. The first kappa shape index (κ1) is 20.2. The van der Waals surface area contributed by atoms with Crippen molar-refractivity contribution in [3.05, 3.63) is 46.8 Å². The van der Waals surface area contributed by atoms with Gasteiger partial charge in [0.25, 0.3) is 0 Å². The van der Waals surface area contributed by atoms with E-state index in [0.717, 1.165) is 17.0 Å². The SMILES string of the molecule is CC[C@@H](NC(=O)CSCc1c(C)noc1C)c1ccccc1OC(F)F. The standard InChI is InChI=1S/C18H22F2N2O3S/c1-4-15(13-7-5-6-8-16(13)24-18(19)20)21-17(23)10-26-9-14-11(2)22-25-12(14)3/h5-8,15,18H,4,9-10H2,1-3H3,(H,21,23)/t15-/m1/s1. The van der Waals surface area contributed by atoms with Gasteiger partial charge in [-0.1, -0.05) is 30.3 Å². The normalized spacial score (nSPS) is 12.2. The summed E-state index contributed by atoms with van der Waals surface area (Å²) >= 11 is 1.45. The smallest absolute Gasteiger partial charge is 0.387 e. The minimum atomic E-state index is -2.91. The van der Waals surface area contributed by atoms with Crippen molar-refractivity contribution in [1.29, 1.82) is 0 Å². The maximum atomic E-state index is 12.6. The summed E-state index contributed by atoms with van der Waals surface area (Å²) in [5.74, 6) is 1.54. The van der Waals surface area contributed by atoms with E-state index in [9.17, 15) is 13.6 Å². The molecule has 142 valence electrons. The second kappa shape index (κ2) is 9.56. The van der Waals surface area contributed by atoms with Crippen LogP contribution in [0.3, 0.4) is 0 Å². The van der Waals surface area contributed by atoms with Crippen molar-refractivity contribution in [2.45, 2.75) is 45.6 Å². The fourth-order valence-corrected chi connectivity index (χ4v) is 3.55. The highest BCUT2D eigenvalue weighted by Gasteiger charge is 2.19. The van der Waals surface area contributed by atoms with Crippen molar-refractivity contribution < 1.29 is 22.8 Å². The van der Waals surface area contributed by atoms with E-state index in [-0.39, 0.29) is 17.4 Å². The van der Waals surface area contributed by atoms with Crippen molar-refractivity contribution in [1.82, 2.24) is 10.5 Å². The summed E-state index contributed by atoms with van der Waals surface area (Å²) in [4.78, 5) is 12.3. The van der Waals surface area contributed by atoms with Crippen LogP contribution in [0.2, 0.25) is 0 Å². The molecule has 0 aliphatic carbocycles. The van der Waals surface area contributed by atoms with E-state index in [2.05, 4.69) is 15.2 Å². The van der Waals surface area contributed by atoms with Gasteiger partial charge < -0.3 is 14.6 Å². The minimum Gasteiger partial charge on any atom is -0.434 e. The number of para-hydroxylation sites is 1. The van der Waals surface area contributed by atoms with Crippen LogP contribution in [0.5, 0.6) is 5.75 Å². The summed E-state index contributed by atoms with van der Waals surface area (Å²) in [5.41, 5.74) is 2.35. The molecular weight excluding hydrogens is 362 g/mol. The second-order valence-electron chi connectivity index (χ2n) is 5.74. The molecule has 2 aromatic rings. The van der Waals surface area contributed by atoms with Gasteiger partial charge in [0.05, 0.1) is 17.5 Å². The molecule has 1 aromatic carbocycles. The maximum absolute atomic E-state index is 12.6. The van der Waals surface area contributed by atoms with E-state index < -0.39 is 12.7 Å². The molecule has 0 bridgehead atoms. The van der Waals surface area contributed by atoms with E-state index in [1.165, 1.54) is 17.8 Å². The number of hydrogen-bond donors (Lipinski definition) is 1. The number of carbonyl (C=O) groups is 1. The highest BCUT2D eigenvalue weighted by molar-refractivity contribution is 7.99. The number of amides is 1. The number of thioether (sulfide) groups is 1. The van der Waals surface area contributed by atoms with Crippen LogP contribution in [0.15, 0.2) is 28.8 Å². The topological polar surface area (TPSA) is 64.4 Å². The fourth-order valence-electron chi connectivity index (χ4n) is 2.56. The molecule has 1 heterocycles. The number of benzene rings is 1. The van der Waals surface area contributed by atoms with Crippen LogP contribution in [0.4, 0.5) is 8.78 Å². The van der Waals surface area contributed by atoms with Crippen LogP contribution >= 0.6 is 11.8 Å². The Kier molecular flexibility index (Phi) is 7.44. The Labute approximate surface area is 155 Å². The molecule has 0 aliphatic rings. The molecule has 8 heteroatoms. The van der Waals surface area contributed by atoms with Crippen molar-refractivity contribution in [3.63, 3.8) is 0 Å². The molecule has 5 nitrogen and oxygen atoms in total. The Balaban J connectivity index is 1.94. The molecule has 0 spiro atoms. The van der Waals surface area contributed by atoms with Crippen molar-refractivity contribution >= 4 is 17.7 Å². The van der Waals surface area contributed by atoms with Gasteiger partial charge in [-0.25, -0.2) is 0 Å². The first-order valence-electron chi connectivity index (χ1n) is 8.25. The minimum absolute atomic E-state index is 0.0815. The molecule has 0 radical (unpaired) electrons. The maximum Gasteiger partial charge on any atom is 0.387 e. The van der Waals surface area contributed by atoms with Crippen LogP contribution in [0, 0.1) is 13.8 Å². The lowest BCUT2D eigenvalue weighted by molar-refractivity contribution is -0.119. The monoisotopic (exact) mass is 384 g/mol. The molecular formula is C18H22F2N2O3S. The van der Waals surface area contributed by atoms with Gasteiger partial charge in [-0.2, -0.15) is 8.78 Å². The predicted molar refractivity (Wildman–Crippen MR) is 96.4 cm³/mol. The molecule has 0 saturated carbocycles. The van der Waals surface area contributed by atoms with E-state index in [1.54, 1.807) is 18.2 Å². The molecule has 26 heavy (non-hydrogen) atoms. The number of hydrogen-bond acceptors (Lipinski definition) is 5. The molecule has 1 aromatic heterocycles. The van der Waals surface area contributed by atoms with Gasteiger partial charge in [0.1, 0.15) is 11.5 Å². The molecule has 2 rings (SSSR count). The quantitative estimate of drug-likeness (QED) is 0.694. The van der Waals surface area contributed by atoms with Crippen LogP contribution < -0.4 is 10.1 Å². The highest BCUT2D eigenvalue weighted by atomic mass is 32.2. The summed E-state index contributed by atoms with van der Waals surface area (Å²) in [5, 5.41) is 6.77. The lowest BCUT2D eigenvalue weighted by atomic mass is 10.0. The predicted octanol–water partition coefficient (Wildman–Crippen LogP) is 4.39. The zero-order chi connectivity index (χ0) is 19.1. The number of nitrogens with one attached hydrogen (secondary N) is 1. The van der Waals surface area contributed by atoms with Gasteiger partial charge in [0.15, 0.2) is 0 Å². The largest absolute Gasteiger partial charge is 0.434 e. The zero-order valence-electron chi connectivity index (χ0n) is 14.9. The lowest BCUT2D eigenvalue weighted by Crippen LogP contribution is -2.30. The molecule has 1 atom stereocenters. The Bertz CT molecular complexity index is 717. The average Bonchev–Trinajstić information content (AvgIpc) is 2.92. The first-order chi connectivity index (χ1) is 12.4. The lowest BCUT2D eigenvalue weighted by Gasteiger charge is -2.20. The number of alkyl halides is 2. The van der Waals surface area contributed by atoms with Crippen LogP contribution in [0.25, 0.3) is 0 Å². The first-order valence-corrected chi connectivity index (χ1v) is 9.40. The zero-order valence-corrected chi connectivity index (χ0v) is 15.7. The number of aromatic nitrogens is 1. The molecule has 0 unspecified atom stereocenters. The summed E-state index contributed by atoms with van der Waals surface area (Å²) in [6, 6.07) is 6.12. The third-order valence-electron chi connectivity index (χ3n) is 3.91. The van der Waals surface area contributed by atoms with Gasteiger partial charge in [0.2, 0.25) is 5.91 Å². The van der Waals surface area contributed by atoms with Crippen molar-refractivity contribution in [2.24, 2.45) is 0 Å².